The molecule has 2 atom stereocenters. The second-order valence-electron chi connectivity index (χ2n) is 3.25. The van der Waals surface area contributed by atoms with Gasteiger partial charge in [0, 0.05) is 7.11 Å². The zero-order valence-electron chi connectivity index (χ0n) is 8.92. The maximum absolute atomic E-state index is 5.21. The summed E-state index contributed by atoms with van der Waals surface area (Å²) < 4.78 is 6.00. The van der Waals surface area contributed by atoms with Crippen molar-refractivity contribution in [1.82, 2.24) is 0 Å². The standard InChI is InChI=1S/C10H18BrNO2/c1-7(8(2)13-4)5-6-10(11)9(3)14-12/h6-8H,3,5,12H2,1-2,4H3/b10-6+/t7?,8-/m0/s1. The number of halogens is 1. The van der Waals surface area contributed by atoms with Gasteiger partial charge in [0.05, 0.1) is 10.6 Å². The van der Waals surface area contributed by atoms with Gasteiger partial charge in [-0.3, -0.25) is 0 Å². The Morgan fingerprint density at radius 3 is 2.57 bits per heavy atom. The van der Waals surface area contributed by atoms with Gasteiger partial charge in [0.25, 0.3) is 0 Å². The summed E-state index contributed by atoms with van der Waals surface area (Å²) in [5.41, 5.74) is 0. The molecule has 0 radical (unpaired) electrons. The Hall–Kier alpha value is -0.320. The summed E-state index contributed by atoms with van der Waals surface area (Å²) in [5.74, 6) is 5.85. The van der Waals surface area contributed by atoms with E-state index in [1.54, 1.807) is 7.11 Å². The van der Waals surface area contributed by atoms with Gasteiger partial charge < -0.3 is 9.57 Å². The van der Waals surface area contributed by atoms with Crippen LogP contribution in [0.3, 0.4) is 0 Å². The van der Waals surface area contributed by atoms with Gasteiger partial charge in [-0.2, -0.15) is 5.90 Å². The van der Waals surface area contributed by atoms with Crippen LogP contribution in [0.2, 0.25) is 0 Å². The second-order valence-corrected chi connectivity index (χ2v) is 4.10. The molecule has 0 saturated heterocycles. The van der Waals surface area contributed by atoms with Crippen LogP contribution in [-0.2, 0) is 9.57 Å². The molecule has 4 heteroatoms. The molecule has 0 rings (SSSR count). The molecular weight excluding hydrogens is 246 g/mol. The lowest BCUT2D eigenvalue weighted by Gasteiger charge is -2.16. The van der Waals surface area contributed by atoms with Crippen LogP contribution in [-0.4, -0.2) is 13.2 Å². The summed E-state index contributed by atoms with van der Waals surface area (Å²) in [6, 6.07) is 0. The van der Waals surface area contributed by atoms with Crippen molar-refractivity contribution in [2.45, 2.75) is 26.4 Å². The lowest BCUT2D eigenvalue weighted by Crippen LogP contribution is -2.15. The maximum atomic E-state index is 5.21. The summed E-state index contributed by atoms with van der Waals surface area (Å²) in [6.07, 6.45) is 3.10. The third-order valence-electron chi connectivity index (χ3n) is 2.25. The monoisotopic (exact) mass is 263 g/mol. The van der Waals surface area contributed by atoms with E-state index in [-0.39, 0.29) is 6.10 Å². The summed E-state index contributed by atoms with van der Waals surface area (Å²) in [7, 11) is 1.71. The quantitative estimate of drug-likeness (QED) is 0.455. The Labute approximate surface area is 94.0 Å². The average Bonchev–Trinajstić information content (AvgIpc) is 2.22. The van der Waals surface area contributed by atoms with E-state index in [2.05, 4.69) is 34.3 Å². The first-order valence-electron chi connectivity index (χ1n) is 4.47. The van der Waals surface area contributed by atoms with E-state index in [1.165, 1.54) is 0 Å². The fraction of sp³-hybridized carbons (Fsp3) is 0.600. The smallest absolute Gasteiger partial charge is 0.153 e. The number of methoxy groups -OCH3 is 1. The van der Waals surface area contributed by atoms with Gasteiger partial charge in [-0.15, -0.1) is 0 Å². The average molecular weight is 264 g/mol. The molecule has 0 aromatic rings. The largest absolute Gasteiger partial charge is 0.411 e. The summed E-state index contributed by atoms with van der Waals surface area (Å²) >= 11 is 3.32. The zero-order valence-corrected chi connectivity index (χ0v) is 10.5. The number of rotatable bonds is 6. The van der Waals surface area contributed by atoms with Crippen molar-refractivity contribution >= 4 is 15.9 Å². The number of hydrogen-bond acceptors (Lipinski definition) is 3. The van der Waals surface area contributed by atoms with E-state index >= 15 is 0 Å². The minimum Gasteiger partial charge on any atom is -0.411 e. The highest BCUT2D eigenvalue weighted by molar-refractivity contribution is 9.11. The van der Waals surface area contributed by atoms with Crippen LogP contribution in [0.1, 0.15) is 20.3 Å². The fourth-order valence-corrected chi connectivity index (χ4v) is 1.16. The zero-order chi connectivity index (χ0) is 11.1. The van der Waals surface area contributed by atoms with Crippen LogP contribution in [0.5, 0.6) is 0 Å². The van der Waals surface area contributed by atoms with Gasteiger partial charge >= 0.3 is 0 Å². The minimum atomic E-state index is 0.235. The molecule has 3 nitrogen and oxygen atoms in total. The fourth-order valence-electron chi connectivity index (χ4n) is 0.883. The predicted octanol–water partition coefficient (Wildman–Crippen LogP) is 2.73. The lowest BCUT2D eigenvalue weighted by molar-refractivity contribution is 0.0747. The Kier molecular flexibility index (Phi) is 6.87. The van der Waals surface area contributed by atoms with E-state index in [4.69, 9.17) is 10.6 Å². The van der Waals surface area contributed by atoms with Gasteiger partial charge in [-0.1, -0.05) is 19.6 Å². The molecule has 0 aliphatic heterocycles. The first-order valence-corrected chi connectivity index (χ1v) is 5.26. The Bertz CT molecular complexity index is 216. The van der Waals surface area contributed by atoms with Crippen molar-refractivity contribution < 1.29 is 9.57 Å². The molecule has 0 bridgehead atoms. The van der Waals surface area contributed by atoms with Crippen LogP contribution in [0.25, 0.3) is 0 Å². The van der Waals surface area contributed by atoms with Crippen molar-refractivity contribution in [3.8, 4) is 0 Å². The molecule has 82 valence electrons. The van der Waals surface area contributed by atoms with E-state index in [0.29, 0.717) is 11.7 Å². The first kappa shape index (κ1) is 13.7. The van der Waals surface area contributed by atoms with Gasteiger partial charge in [0.15, 0.2) is 5.76 Å². The second kappa shape index (κ2) is 7.04. The molecule has 0 aromatic heterocycles. The Morgan fingerprint density at radius 2 is 2.14 bits per heavy atom. The van der Waals surface area contributed by atoms with Crippen molar-refractivity contribution in [2.24, 2.45) is 11.8 Å². The molecule has 0 aliphatic rings. The first-order chi connectivity index (χ1) is 6.52. The molecule has 0 aromatic carbocycles. The maximum Gasteiger partial charge on any atom is 0.153 e. The molecule has 14 heavy (non-hydrogen) atoms. The van der Waals surface area contributed by atoms with Crippen LogP contribution in [0.15, 0.2) is 22.9 Å². The molecule has 0 amide bonds. The number of hydrogen-bond donors (Lipinski definition) is 1. The third-order valence-corrected chi connectivity index (χ3v) is 3.02. The van der Waals surface area contributed by atoms with Crippen LogP contribution in [0.4, 0.5) is 0 Å². The van der Waals surface area contributed by atoms with Crippen molar-refractivity contribution in [2.75, 3.05) is 7.11 Å². The summed E-state index contributed by atoms with van der Waals surface area (Å²) in [4.78, 5) is 4.49. The number of nitrogens with two attached hydrogens (primary N) is 1. The highest BCUT2D eigenvalue weighted by Crippen LogP contribution is 2.19. The van der Waals surface area contributed by atoms with E-state index in [0.717, 1.165) is 10.9 Å². The van der Waals surface area contributed by atoms with Gasteiger partial charge in [0.1, 0.15) is 0 Å². The molecule has 0 spiro atoms. The molecule has 0 heterocycles. The topological polar surface area (TPSA) is 44.5 Å². The Morgan fingerprint density at radius 1 is 1.57 bits per heavy atom. The van der Waals surface area contributed by atoms with Gasteiger partial charge in [-0.25, -0.2) is 0 Å². The third kappa shape index (κ3) is 4.79. The highest BCUT2D eigenvalue weighted by Gasteiger charge is 2.10. The Balaban J connectivity index is 4.08. The minimum absolute atomic E-state index is 0.235. The molecule has 0 aliphatic carbocycles. The highest BCUT2D eigenvalue weighted by atomic mass is 79.9. The number of ether oxygens (including phenoxy) is 1. The van der Waals surface area contributed by atoms with E-state index < -0.39 is 0 Å². The van der Waals surface area contributed by atoms with Crippen molar-refractivity contribution in [1.29, 1.82) is 0 Å². The lowest BCUT2D eigenvalue weighted by atomic mass is 10.0. The predicted molar refractivity (Wildman–Crippen MR) is 61.7 cm³/mol. The normalized spacial score (nSPS) is 16.2. The van der Waals surface area contributed by atoms with Crippen molar-refractivity contribution in [3.63, 3.8) is 0 Å². The molecule has 2 N–H and O–H groups in total. The van der Waals surface area contributed by atoms with Crippen molar-refractivity contribution in [3.05, 3.63) is 22.9 Å². The molecule has 1 unspecified atom stereocenters. The van der Waals surface area contributed by atoms with E-state index in [1.807, 2.05) is 13.0 Å². The van der Waals surface area contributed by atoms with Gasteiger partial charge in [0.2, 0.25) is 0 Å². The molecule has 0 saturated carbocycles. The summed E-state index contributed by atoms with van der Waals surface area (Å²) in [5, 5.41) is 0. The van der Waals surface area contributed by atoms with Crippen LogP contribution >= 0.6 is 15.9 Å². The van der Waals surface area contributed by atoms with Crippen LogP contribution < -0.4 is 5.90 Å². The number of allylic oxidation sites excluding steroid dienone is 2. The SMILES string of the molecule is C=C(ON)/C(Br)=C\CC(C)[C@H](C)OC. The van der Waals surface area contributed by atoms with Gasteiger partial charge in [-0.05, 0) is 35.2 Å². The molecular formula is C10H18BrNO2. The summed E-state index contributed by atoms with van der Waals surface area (Å²) in [6.45, 7) is 7.79. The molecule has 0 fully saturated rings. The van der Waals surface area contributed by atoms with Crippen LogP contribution in [0, 0.1) is 5.92 Å². The van der Waals surface area contributed by atoms with E-state index in [9.17, 15) is 0 Å².